The van der Waals surface area contributed by atoms with Crippen molar-refractivity contribution in [2.45, 2.75) is 43.3 Å². The highest BCUT2D eigenvalue weighted by Gasteiger charge is 2.43. The van der Waals surface area contributed by atoms with Crippen LogP contribution in [0, 0.1) is 6.92 Å². The summed E-state index contributed by atoms with van der Waals surface area (Å²) in [5.41, 5.74) is 6.23. The Labute approximate surface area is 190 Å². The van der Waals surface area contributed by atoms with Gasteiger partial charge in [0.25, 0.3) is 0 Å². The molecule has 32 heavy (non-hydrogen) atoms. The summed E-state index contributed by atoms with van der Waals surface area (Å²) in [5, 5.41) is -0.225. The van der Waals surface area contributed by atoms with Gasteiger partial charge in [0.05, 0.1) is 42.0 Å². The first kappa shape index (κ1) is 21.2. The molecule has 0 amide bonds. The number of quaternary nitrogens is 1. The van der Waals surface area contributed by atoms with Crippen molar-refractivity contribution >= 4 is 21.3 Å². The number of benzene rings is 2. The molecule has 0 spiro atoms. The van der Waals surface area contributed by atoms with Crippen molar-refractivity contribution in [3.8, 4) is 28.0 Å². The van der Waals surface area contributed by atoms with Gasteiger partial charge in [-0.05, 0) is 73.2 Å². The zero-order chi connectivity index (χ0) is 22.7. The van der Waals surface area contributed by atoms with Gasteiger partial charge in [0.2, 0.25) is 5.82 Å². The minimum absolute atomic E-state index is 0.225. The molecular formula is C26H29N2O3S+. The maximum atomic E-state index is 12.9. The highest BCUT2D eigenvalue weighted by Crippen LogP contribution is 2.57. The number of sulfone groups is 1. The van der Waals surface area contributed by atoms with Gasteiger partial charge < -0.3 is 4.74 Å². The van der Waals surface area contributed by atoms with Crippen LogP contribution in [0.25, 0.3) is 22.3 Å². The van der Waals surface area contributed by atoms with Crippen LogP contribution in [0.2, 0.25) is 0 Å². The number of nitrogens with zero attached hydrogens (tertiary/aromatic N) is 2. The number of hydrogen-bond acceptors (Lipinski definition) is 4. The Balaban J connectivity index is 1.76. The van der Waals surface area contributed by atoms with Crippen LogP contribution in [0.15, 0.2) is 53.6 Å². The molecular weight excluding hydrogens is 420 g/mol. The highest BCUT2D eigenvalue weighted by atomic mass is 32.2. The third-order valence-corrected chi connectivity index (χ3v) is 8.66. The zero-order valence-corrected chi connectivity index (χ0v) is 19.9. The van der Waals surface area contributed by atoms with E-state index in [2.05, 4.69) is 33.2 Å². The maximum Gasteiger partial charge on any atom is 0.240 e. The van der Waals surface area contributed by atoms with E-state index >= 15 is 0 Å². The number of rotatable bonds is 6. The largest absolute Gasteiger partial charge is 0.487 e. The van der Waals surface area contributed by atoms with Gasteiger partial charge in [0, 0.05) is 6.20 Å². The molecule has 1 aliphatic carbocycles. The molecule has 5 nitrogen and oxygen atoms in total. The minimum atomic E-state index is -3.26. The fourth-order valence-electron chi connectivity index (χ4n) is 4.68. The van der Waals surface area contributed by atoms with Gasteiger partial charge in [0.1, 0.15) is 0 Å². The lowest BCUT2D eigenvalue weighted by molar-refractivity contribution is 0.312. The Kier molecular flexibility index (Phi) is 4.91. The summed E-state index contributed by atoms with van der Waals surface area (Å²) < 4.78 is 32.4. The van der Waals surface area contributed by atoms with Crippen molar-refractivity contribution in [1.29, 1.82) is 0 Å². The maximum absolute atomic E-state index is 12.9. The minimum Gasteiger partial charge on any atom is -0.487 e. The molecule has 0 radical (unpaired) electrons. The fraction of sp³-hybridized carbons (Fsp3) is 0.346. The standard InChI is InChI=1S/C26H29N2O3S/c1-5-13-31-23-12-11-21(18-7-6-8-20(15-18)32(29,30)19-9-10-19)24-22-14-17(2)16-27-26(22)28(3,4)25(23)24/h6-8,11-12,14-16,19H,5,9-10,13H2,1-4H3/q+1. The van der Waals surface area contributed by atoms with Crippen molar-refractivity contribution < 1.29 is 13.2 Å². The normalized spacial score (nSPS) is 16.5. The summed E-state index contributed by atoms with van der Waals surface area (Å²) in [5.74, 6) is 1.83. The molecule has 0 bridgehead atoms. The van der Waals surface area contributed by atoms with Crippen molar-refractivity contribution in [3.05, 3.63) is 54.2 Å². The molecule has 0 atom stereocenters. The summed E-state index contributed by atoms with van der Waals surface area (Å²) in [6.45, 7) is 4.79. The molecule has 1 fully saturated rings. The molecule has 1 saturated carbocycles. The van der Waals surface area contributed by atoms with E-state index in [1.807, 2.05) is 37.4 Å². The number of aryl methyl sites for hydroxylation is 1. The predicted molar refractivity (Wildman–Crippen MR) is 129 cm³/mol. The molecule has 0 saturated heterocycles. The van der Waals surface area contributed by atoms with Crippen LogP contribution in [0.3, 0.4) is 0 Å². The number of ether oxygens (including phenoxy) is 1. The van der Waals surface area contributed by atoms with Crippen LogP contribution >= 0.6 is 0 Å². The quantitative estimate of drug-likeness (QED) is 0.456. The van der Waals surface area contributed by atoms with E-state index in [9.17, 15) is 8.42 Å². The summed E-state index contributed by atoms with van der Waals surface area (Å²) in [7, 11) is 0.996. The van der Waals surface area contributed by atoms with Gasteiger partial charge in [-0.25, -0.2) is 17.9 Å². The molecule has 6 heteroatoms. The molecule has 0 unspecified atom stereocenters. The van der Waals surface area contributed by atoms with E-state index in [-0.39, 0.29) is 5.25 Å². The average Bonchev–Trinajstić information content (AvgIpc) is 3.60. The number of aromatic nitrogens is 1. The lowest BCUT2D eigenvalue weighted by Crippen LogP contribution is -2.33. The van der Waals surface area contributed by atoms with E-state index in [1.165, 1.54) is 0 Å². The first-order valence-electron chi connectivity index (χ1n) is 11.2. The van der Waals surface area contributed by atoms with E-state index in [4.69, 9.17) is 9.72 Å². The van der Waals surface area contributed by atoms with Crippen LogP contribution in [-0.4, -0.2) is 39.4 Å². The van der Waals surface area contributed by atoms with Crippen LogP contribution in [0.4, 0.5) is 11.5 Å². The highest BCUT2D eigenvalue weighted by molar-refractivity contribution is 7.92. The first-order valence-corrected chi connectivity index (χ1v) is 12.8. The van der Waals surface area contributed by atoms with Gasteiger partial charge in [-0.2, -0.15) is 0 Å². The van der Waals surface area contributed by atoms with Crippen LogP contribution < -0.4 is 9.22 Å². The zero-order valence-electron chi connectivity index (χ0n) is 19.1. The Bertz CT molecular complexity index is 1320. The molecule has 3 aromatic rings. The molecule has 2 aromatic carbocycles. The van der Waals surface area contributed by atoms with Gasteiger partial charge in [-0.1, -0.05) is 19.1 Å². The third-order valence-electron chi connectivity index (χ3n) is 6.40. The number of hydrogen-bond donors (Lipinski definition) is 0. The van der Waals surface area contributed by atoms with Crippen LogP contribution in [0.1, 0.15) is 31.7 Å². The van der Waals surface area contributed by atoms with Crippen LogP contribution in [-0.2, 0) is 9.84 Å². The summed E-state index contributed by atoms with van der Waals surface area (Å²) in [4.78, 5) is 5.20. The molecule has 2 heterocycles. The average molecular weight is 450 g/mol. The molecule has 0 N–H and O–H groups in total. The lowest BCUT2D eigenvalue weighted by atomic mass is 9.94. The van der Waals surface area contributed by atoms with Crippen molar-refractivity contribution in [3.63, 3.8) is 0 Å². The van der Waals surface area contributed by atoms with E-state index in [0.29, 0.717) is 16.0 Å². The van der Waals surface area contributed by atoms with E-state index < -0.39 is 9.84 Å². The van der Waals surface area contributed by atoms with Crippen molar-refractivity contribution in [2.24, 2.45) is 0 Å². The second-order valence-corrected chi connectivity index (χ2v) is 11.5. The SMILES string of the molecule is CCCOc1ccc(-c2cccc(S(=O)(=O)C3CC3)c2)c2c1[N+](C)(C)c1ncc(C)cc1-2. The Morgan fingerprint density at radius 1 is 1.09 bits per heavy atom. The molecule has 166 valence electrons. The topological polar surface area (TPSA) is 56.3 Å². The second-order valence-electron chi connectivity index (χ2n) is 9.29. The van der Waals surface area contributed by atoms with E-state index in [1.54, 1.807) is 6.07 Å². The summed E-state index contributed by atoms with van der Waals surface area (Å²) in [6.07, 6.45) is 4.35. The monoisotopic (exact) mass is 449 g/mol. The lowest BCUT2D eigenvalue weighted by Gasteiger charge is -2.25. The third kappa shape index (κ3) is 3.24. The second kappa shape index (κ2) is 7.42. The molecule has 1 aromatic heterocycles. The molecule has 1 aliphatic heterocycles. The Morgan fingerprint density at radius 2 is 1.88 bits per heavy atom. The number of fused-ring (bicyclic) bond motifs is 3. The number of pyridine rings is 1. The van der Waals surface area contributed by atoms with Crippen molar-refractivity contribution in [1.82, 2.24) is 9.47 Å². The van der Waals surface area contributed by atoms with Gasteiger partial charge in [-0.15, -0.1) is 0 Å². The summed E-state index contributed by atoms with van der Waals surface area (Å²) in [6, 6.07) is 13.6. The van der Waals surface area contributed by atoms with Gasteiger partial charge >= 0.3 is 0 Å². The molecule has 2 aliphatic rings. The fourth-order valence-corrected chi connectivity index (χ4v) is 6.38. The van der Waals surface area contributed by atoms with E-state index in [0.717, 1.165) is 64.3 Å². The predicted octanol–water partition coefficient (Wildman–Crippen LogP) is 5.66. The summed E-state index contributed by atoms with van der Waals surface area (Å²) >= 11 is 0. The first-order chi connectivity index (χ1) is 15.2. The van der Waals surface area contributed by atoms with Gasteiger partial charge in [0.15, 0.2) is 21.3 Å². The molecule has 5 rings (SSSR count). The smallest absolute Gasteiger partial charge is 0.240 e. The van der Waals surface area contributed by atoms with Crippen LogP contribution in [0.5, 0.6) is 5.75 Å². The Hall–Kier alpha value is -2.70. The van der Waals surface area contributed by atoms with Crippen molar-refractivity contribution in [2.75, 3.05) is 20.7 Å². The Morgan fingerprint density at radius 3 is 2.59 bits per heavy atom. The van der Waals surface area contributed by atoms with Gasteiger partial charge in [-0.3, -0.25) is 0 Å².